The molecule has 0 aliphatic rings. The number of anilines is 1. The molecule has 2 N–H and O–H groups in total. The molecule has 0 bridgehead atoms. The van der Waals surface area contributed by atoms with Crippen molar-refractivity contribution in [2.75, 3.05) is 11.8 Å². The SMILES string of the molecule is CNCc1ccc(-c2ccco2)c(NSc2ccc(C(F)(F)F)cc2)c1. The smallest absolute Gasteiger partial charge is 0.416 e. The van der Waals surface area contributed by atoms with Crippen molar-refractivity contribution in [3.63, 3.8) is 0 Å². The number of halogens is 3. The summed E-state index contributed by atoms with van der Waals surface area (Å²) in [4.78, 5) is 0.683. The van der Waals surface area contributed by atoms with Gasteiger partial charge >= 0.3 is 6.18 Å². The Kier molecular flexibility index (Phi) is 5.58. The van der Waals surface area contributed by atoms with Crippen molar-refractivity contribution in [3.05, 3.63) is 72.0 Å². The lowest BCUT2D eigenvalue weighted by Gasteiger charge is -2.13. The van der Waals surface area contributed by atoms with Gasteiger partial charge in [0.15, 0.2) is 0 Å². The molecule has 0 aliphatic heterocycles. The molecule has 0 atom stereocenters. The zero-order valence-electron chi connectivity index (χ0n) is 13.9. The minimum atomic E-state index is -4.33. The van der Waals surface area contributed by atoms with E-state index >= 15 is 0 Å². The molecule has 0 radical (unpaired) electrons. The number of hydrogen-bond donors (Lipinski definition) is 2. The average molecular weight is 378 g/mol. The van der Waals surface area contributed by atoms with Crippen molar-refractivity contribution in [2.45, 2.75) is 17.6 Å². The van der Waals surface area contributed by atoms with Crippen molar-refractivity contribution in [1.29, 1.82) is 0 Å². The van der Waals surface area contributed by atoms with Crippen molar-refractivity contribution < 1.29 is 17.6 Å². The minimum Gasteiger partial charge on any atom is -0.464 e. The Hall–Kier alpha value is -2.38. The van der Waals surface area contributed by atoms with E-state index in [9.17, 15) is 13.2 Å². The van der Waals surface area contributed by atoms with Crippen LogP contribution in [0.2, 0.25) is 0 Å². The molecule has 3 aromatic rings. The zero-order valence-corrected chi connectivity index (χ0v) is 14.7. The third kappa shape index (κ3) is 4.42. The predicted molar refractivity (Wildman–Crippen MR) is 97.8 cm³/mol. The summed E-state index contributed by atoms with van der Waals surface area (Å²) < 4.78 is 46.7. The van der Waals surface area contributed by atoms with Crippen molar-refractivity contribution in [1.82, 2.24) is 5.32 Å². The molecule has 0 spiro atoms. The van der Waals surface area contributed by atoms with Crippen LogP contribution in [0.25, 0.3) is 11.3 Å². The van der Waals surface area contributed by atoms with E-state index in [1.165, 1.54) is 24.1 Å². The van der Waals surface area contributed by atoms with Crippen LogP contribution >= 0.6 is 11.9 Å². The van der Waals surface area contributed by atoms with Gasteiger partial charge in [0.1, 0.15) is 5.76 Å². The van der Waals surface area contributed by atoms with Crippen LogP contribution in [0.5, 0.6) is 0 Å². The first kappa shape index (κ1) is 18.4. The highest BCUT2D eigenvalue weighted by atomic mass is 32.2. The van der Waals surface area contributed by atoms with E-state index in [1.807, 2.05) is 37.4 Å². The first-order chi connectivity index (χ1) is 12.5. The molecule has 136 valence electrons. The van der Waals surface area contributed by atoms with Gasteiger partial charge in [-0.3, -0.25) is 0 Å². The minimum absolute atomic E-state index is 0.658. The first-order valence-corrected chi connectivity index (χ1v) is 8.70. The summed E-state index contributed by atoms with van der Waals surface area (Å²) in [6.45, 7) is 0.706. The number of hydrogen-bond acceptors (Lipinski definition) is 4. The van der Waals surface area contributed by atoms with E-state index in [0.717, 1.165) is 34.7 Å². The summed E-state index contributed by atoms with van der Waals surface area (Å²) in [6, 6.07) is 14.7. The fourth-order valence-electron chi connectivity index (χ4n) is 2.46. The molecule has 0 aliphatic carbocycles. The molecule has 26 heavy (non-hydrogen) atoms. The number of benzene rings is 2. The Bertz CT molecular complexity index is 846. The van der Waals surface area contributed by atoms with Crippen molar-refractivity contribution >= 4 is 17.6 Å². The molecule has 0 unspecified atom stereocenters. The first-order valence-electron chi connectivity index (χ1n) is 7.89. The van der Waals surface area contributed by atoms with E-state index < -0.39 is 11.7 Å². The Morgan fingerprint density at radius 2 is 1.81 bits per heavy atom. The van der Waals surface area contributed by atoms with Gasteiger partial charge < -0.3 is 14.5 Å². The number of nitrogens with one attached hydrogen (secondary N) is 2. The second kappa shape index (κ2) is 7.88. The lowest BCUT2D eigenvalue weighted by atomic mass is 10.1. The third-order valence-corrected chi connectivity index (χ3v) is 4.54. The molecule has 1 aromatic heterocycles. The topological polar surface area (TPSA) is 37.2 Å². The van der Waals surface area contributed by atoms with Crippen molar-refractivity contribution in [2.24, 2.45) is 0 Å². The van der Waals surface area contributed by atoms with Gasteiger partial charge in [-0.2, -0.15) is 13.2 Å². The number of rotatable bonds is 6. The monoisotopic (exact) mass is 378 g/mol. The van der Waals surface area contributed by atoms with Crippen LogP contribution in [0.1, 0.15) is 11.1 Å². The highest BCUT2D eigenvalue weighted by Crippen LogP contribution is 2.34. The molecule has 2 aromatic carbocycles. The van der Waals surface area contributed by atoms with Gasteiger partial charge in [0.25, 0.3) is 0 Å². The molecular weight excluding hydrogens is 361 g/mol. The lowest BCUT2D eigenvalue weighted by molar-refractivity contribution is -0.137. The van der Waals surface area contributed by atoms with Gasteiger partial charge in [-0.05, 0) is 73.1 Å². The summed E-state index contributed by atoms with van der Waals surface area (Å²) in [7, 11) is 1.87. The Morgan fingerprint density at radius 1 is 1.04 bits per heavy atom. The molecule has 1 heterocycles. The van der Waals surface area contributed by atoms with Gasteiger partial charge in [0, 0.05) is 17.0 Å². The fourth-order valence-corrected chi connectivity index (χ4v) is 3.13. The fraction of sp³-hybridized carbons (Fsp3) is 0.158. The Balaban J connectivity index is 1.80. The maximum atomic E-state index is 12.7. The normalized spacial score (nSPS) is 11.5. The zero-order chi connectivity index (χ0) is 18.6. The second-order valence-electron chi connectivity index (χ2n) is 5.61. The van der Waals surface area contributed by atoms with Crippen LogP contribution in [-0.4, -0.2) is 7.05 Å². The Morgan fingerprint density at radius 3 is 2.42 bits per heavy atom. The third-order valence-electron chi connectivity index (χ3n) is 3.71. The molecule has 3 rings (SSSR count). The van der Waals surface area contributed by atoms with Crippen LogP contribution in [0.4, 0.5) is 18.9 Å². The summed E-state index contributed by atoms with van der Waals surface area (Å²) in [5.41, 5.74) is 2.14. The van der Waals surface area contributed by atoms with Crippen LogP contribution in [-0.2, 0) is 12.7 Å². The van der Waals surface area contributed by atoms with Crippen LogP contribution < -0.4 is 10.0 Å². The largest absolute Gasteiger partial charge is 0.464 e. The molecule has 7 heteroatoms. The number of alkyl halides is 3. The van der Waals surface area contributed by atoms with Gasteiger partial charge in [0.05, 0.1) is 17.5 Å². The van der Waals surface area contributed by atoms with E-state index in [-0.39, 0.29) is 0 Å². The highest BCUT2D eigenvalue weighted by molar-refractivity contribution is 8.00. The molecule has 0 fully saturated rings. The standard InChI is InChI=1S/C19H17F3N2OS/c1-23-12-13-4-9-16(18-3-2-10-25-18)17(11-13)24-26-15-7-5-14(6-8-15)19(20,21)22/h2-11,23-24H,12H2,1H3. The quantitative estimate of drug-likeness (QED) is 0.531. The summed E-state index contributed by atoms with van der Waals surface area (Å²) in [5, 5.41) is 3.10. The predicted octanol–water partition coefficient (Wildman–Crippen LogP) is 5.80. The second-order valence-corrected chi connectivity index (χ2v) is 6.49. The van der Waals surface area contributed by atoms with E-state index in [1.54, 1.807) is 6.26 Å². The van der Waals surface area contributed by atoms with Crippen LogP contribution in [0.3, 0.4) is 0 Å². The molecule has 0 saturated heterocycles. The molecular formula is C19H17F3N2OS. The maximum Gasteiger partial charge on any atom is 0.416 e. The van der Waals surface area contributed by atoms with Gasteiger partial charge in [0.2, 0.25) is 0 Å². The summed E-state index contributed by atoms with van der Waals surface area (Å²) in [5.74, 6) is 0.719. The maximum absolute atomic E-state index is 12.7. The average Bonchev–Trinajstić information content (AvgIpc) is 3.14. The Labute approximate surface area is 153 Å². The number of furan rings is 1. The van der Waals surface area contributed by atoms with Crippen LogP contribution in [0, 0.1) is 0 Å². The summed E-state index contributed by atoms with van der Waals surface area (Å²) in [6.07, 6.45) is -2.73. The molecule has 0 saturated carbocycles. The van der Waals surface area contributed by atoms with Gasteiger partial charge in [-0.25, -0.2) is 0 Å². The van der Waals surface area contributed by atoms with E-state index in [2.05, 4.69) is 10.0 Å². The van der Waals surface area contributed by atoms with E-state index in [0.29, 0.717) is 11.4 Å². The summed E-state index contributed by atoms with van der Waals surface area (Å²) >= 11 is 1.25. The highest BCUT2D eigenvalue weighted by Gasteiger charge is 2.29. The van der Waals surface area contributed by atoms with Gasteiger partial charge in [-0.1, -0.05) is 6.07 Å². The van der Waals surface area contributed by atoms with E-state index in [4.69, 9.17) is 4.42 Å². The molecule has 3 nitrogen and oxygen atoms in total. The molecule has 0 amide bonds. The van der Waals surface area contributed by atoms with Gasteiger partial charge in [-0.15, -0.1) is 0 Å². The van der Waals surface area contributed by atoms with Crippen molar-refractivity contribution in [3.8, 4) is 11.3 Å². The van der Waals surface area contributed by atoms with Crippen LogP contribution in [0.15, 0.2) is 70.2 Å². The lowest BCUT2D eigenvalue weighted by Crippen LogP contribution is -2.05.